The SMILES string of the molecule is CC(C)(O)CCOc1nc(N)c2c(n1)N(Cc1cccc(CN3CCCC3)c1)CC(=O)C2. The maximum Gasteiger partial charge on any atom is 0.320 e. The summed E-state index contributed by atoms with van der Waals surface area (Å²) in [7, 11) is 0. The van der Waals surface area contributed by atoms with E-state index in [-0.39, 0.29) is 37.2 Å². The number of nitrogen functional groups attached to an aromatic ring is 1. The van der Waals surface area contributed by atoms with E-state index < -0.39 is 5.60 Å². The van der Waals surface area contributed by atoms with Crippen molar-refractivity contribution in [2.24, 2.45) is 0 Å². The number of ketones is 1. The topological polar surface area (TPSA) is 105 Å². The first-order valence-electron chi connectivity index (χ1n) is 11.4. The zero-order chi connectivity index (χ0) is 22.7. The molecule has 172 valence electrons. The van der Waals surface area contributed by atoms with Crippen LogP contribution in [0.4, 0.5) is 11.6 Å². The second-order valence-electron chi connectivity index (χ2n) is 9.48. The van der Waals surface area contributed by atoms with Gasteiger partial charge in [-0.3, -0.25) is 9.69 Å². The molecule has 8 nitrogen and oxygen atoms in total. The molecule has 3 heterocycles. The van der Waals surface area contributed by atoms with Crippen molar-refractivity contribution in [2.45, 2.75) is 58.2 Å². The molecule has 0 bridgehead atoms. The molecule has 2 aromatic rings. The standard InChI is InChI=1S/C24H33N5O3/c1-24(2,31)8-11-32-23-26-21(25)20-13-19(30)16-29(22(20)27-23)15-18-7-5-6-17(12-18)14-28-9-3-4-10-28/h5-7,12,31H,3-4,8-11,13-16H2,1-2H3,(H2,25,26,27). The van der Waals surface area contributed by atoms with E-state index >= 15 is 0 Å². The fourth-order valence-electron chi connectivity index (χ4n) is 4.27. The minimum Gasteiger partial charge on any atom is -0.463 e. The van der Waals surface area contributed by atoms with Gasteiger partial charge < -0.3 is 20.5 Å². The Balaban J connectivity index is 1.52. The number of aliphatic hydroxyl groups is 1. The third-order valence-electron chi connectivity index (χ3n) is 5.95. The molecule has 0 spiro atoms. The van der Waals surface area contributed by atoms with Crippen molar-refractivity contribution in [3.63, 3.8) is 0 Å². The molecule has 1 aromatic heterocycles. The fourth-order valence-corrected chi connectivity index (χ4v) is 4.27. The second-order valence-corrected chi connectivity index (χ2v) is 9.48. The lowest BCUT2D eigenvalue weighted by Crippen LogP contribution is -2.37. The average molecular weight is 440 g/mol. The van der Waals surface area contributed by atoms with Crippen molar-refractivity contribution < 1.29 is 14.6 Å². The number of hydrogen-bond acceptors (Lipinski definition) is 8. The van der Waals surface area contributed by atoms with E-state index in [1.165, 1.54) is 18.4 Å². The van der Waals surface area contributed by atoms with Crippen LogP contribution < -0.4 is 15.4 Å². The number of Topliss-reactive ketones (excluding diaryl/α,β-unsaturated/α-hetero) is 1. The van der Waals surface area contributed by atoms with Gasteiger partial charge >= 0.3 is 6.01 Å². The highest BCUT2D eigenvalue weighted by molar-refractivity contribution is 5.91. The van der Waals surface area contributed by atoms with Crippen molar-refractivity contribution in [2.75, 3.05) is 36.9 Å². The highest BCUT2D eigenvalue weighted by Crippen LogP contribution is 2.31. The maximum absolute atomic E-state index is 12.4. The molecule has 1 aromatic carbocycles. The number of likely N-dealkylation sites (tertiary alicyclic amines) is 1. The van der Waals surface area contributed by atoms with E-state index in [1.807, 2.05) is 4.90 Å². The minimum atomic E-state index is -0.835. The number of anilines is 2. The normalized spacial score (nSPS) is 17.0. The van der Waals surface area contributed by atoms with E-state index in [2.05, 4.69) is 39.1 Å². The quantitative estimate of drug-likeness (QED) is 0.646. The fraction of sp³-hybridized carbons (Fsp3) is 0.542. The molecule has 0 saturated carbocycles. The molecular weight excluding hydrogens is 406 g/mol. The number of rotatable bonds is 8. The van der Waals surface area contributed by atoms with E-state index in [9.17, 15) is 9.90 Å². The van der Waals surface area contributed by atoms with Crippen molar-refractivity contribution in [1.29, 1.82) is 0 Å². The summed E-state index contributed by atoms with van der Waals surface area (Å²) in [4.78, 5) is 25.7. The van der Waals surface area contributed by atoms with Crippen LogP contribution in [0.25, 0.3) is 0 Å². The van der Waals surface area contributed by atoms with Crippen LogP contribution in [0.15, 0.2) is 24.3 Å². The molecule has 0 aliphatic carbocycles. The molecule has 0 atom stereocenters. The summed E-state index contributed by atoms with van der Waals surface area (Å²) in [5.41, 5.74) is 8.40. The van der Waals surface area contributed by atoms with Crippen LogP contribution in [0.2, 0.25) is 0 Å². The highest BCUT2D eigenvalue weighted by atomic mass is 16.5. The molecule has 0 radical (unpaired) electrons. The van der Waals surface area contributed by atoms with Gasteiger partial charge in [0.2, 0.25) is 0 Å². The average Bonchev–Trinajstić information content (AvgIpc) is 3.21. The molecule has 2 aliphatic heterocycles. The van der Waals surface area contributed by atoms with Crippen LogP contribution in [0.1, 0.15) is 49.8 Å². The molecule has 1 fully saturated rings. The van der Waals surface area contributed by atoms with Crippen LogP contribution in [0.5, 0.6) is 6.01 Å². The largest absolute Gasteiger partial charge is 0.463 e. The predicted octanol–water partition coefficient (Wildman–Crippen LogP) is 2.33. The summed E-state index contributed by atoms with van der Waals surface area (Å²) in [6, 6.07) is 8.70. The lowest BCUT2D eigenvalue weighted by Gasteiger charge is -2.30. The summed E-state index contributed by atoms with van der Waals surface area (Å²) in [5, 5.41) is 9.90. The molecule has 1 saturated heterocycles. The molecular formula is C24H33N5O3. The Bertz CT molecular complexity index is 967. The molecule has 0 unspecified atom stereocenters. The van der Waals surface area contributed by atoms with Gasteiger partial charge in [-0.1, -0.05) is 24.3 Å². The number of nitrogens with zero attached hydrogens (tertiary/aromatic N) is 4. The number of carbonyl (C=O) groups excluding carboxylic acids is 1. The van der Waals surface area contributed by atoms with E-state index in [0.717, 1.165) is 25.2 Å². The Kier molecular flexibility index (Phi) is 6.62. The molecule has 32 heavy (non-hydrogen) atoms. The predicted molar refractivity (Wildman–Crippen MR) is 124 cm³/mol. The van der Waals surface area contributed by atoms with Crippen molar-refractivity contribution in [1.82, 2.24) is 14.9 Å². The van der Waals surface area contributed by atoms with Crippen molar-refractivity contribution in [3.8, 4) is 6.01 Å². The first-order chi connectivity index (χ1) is 15.3. The van der Waals surface area contributed by atoms with Crippen LogP contribution in [0, 0.1) is 0 Å². The molecule has 8 heteroatoms. The number of fused-ring (bicyclic) bond motifs is 1. The summed E-state index contributed by atoms with van der Waals surface area (Å²) in [5.74, 6) is 1.02. The van der Waals surface area contributed by atoms with Crippen molar-refractivity contribution >= 4 is 17.4 Å². The van der Waals surface area contributed by atoms with Gasteiger partial charge in [0.05, 0.1) is 18.8 Å². The van der Waals surface area contributed by atoms with Crippen LogP contribution in [-0.4, -0.2) is 57.6 Å². The van der Waals surface area contributed by atoms with Crippen LogP contribution in [0.3, 0.4) is 0 Å². The highest BCUT2D eigenvalue weighted by Gasteiger charge is 2.28. The second kappa shape index (κ2) is 9.42. The van der Waals surface area contributed by atoms with E-state index in [0.29, 0.717) is 24.3 Å². The van der Waals surface area contributed by atoms with Crippen LogP contribution >= 0.6 is 0 Å². The Morgan fingerprint density at radius 2 is 1.88 bits per heavy atom. The summed E-state index contributed by atoms with van der Waals surface area (Å²) < 4.78 is 5.67. The van der Waals surface area contributed by atoms with Gasteiger partial charge in [-0.25, -0.2) is 0 Å². The smallest absolute Gasteiger partial charge is 0.320 e. The number of benzene rings is 1. The zero-order valence-electron chi connectivity index (χ0n) is 19.0. The van der Waals surface area contributed by atoms with Crippen molar-refractivity contribution in [3.05, 3.63) is 41.0 Å². The van der Waals surface area contributed by atoms with Gasteiger partial charge in [-0.2, -0.15) is 9.97 Å². The Labute approximate surface area is 189 Å². The first-order valence-corrected chi connectivity index (χ1v) is 11.4. The minimum absolute atomic E-state index is 0.0942. The zero-order valence-corrected chi connectivity index (χ0v) is 19.0. The third-order valence-corrected chi connectivity index (χ3v) is 5.95. The molecule has 4 rings (SSSR count). The molecule has 3 N–H and O–H groups in total. The summed E-state index contributed by atoms with van der Waals surface area (Å²) >= 11 is 0. The summed E-state index contributed by atoms with van der Waals surface area (Å²) in [6.45, 7) is 7.84. The monoisotopic (exact) mass is 439 g/mol. The number of carbonyl (C=O) groups is 1. The molecule has 0 amide bonds. The van der Waals surface area contributed by atoms with Gasteiger partial charge in [0.1, 0.15) is 11.6 Å². The van der Waals surface area contributed by atoms with Gasteiger partial charge in [-0.15, -0.1) is 0 Å². The van der Waals surface area contributed by atoms with Gasteiger partial charge in [-0.05, 0) is 50.9 Å². The summed E-state index contributed by atoms with van der Waals surface area (Å²) in [6.07, 6.45) is 3.22. The number of ether oxygens (including phenoxy) is 1. The van der Waals surface area contributed by atoms with Gasteiger partial charge in [0.25, 0.3) is 0 Å². The number of aromatic nitrogens is 2. The lowest BCUT2D eigenvalue weighted by molar-refractivity contribution is -0.117. The third kappa shape index (κ3) is 5.75. The lowest BCUT2D eigenvalue weighted by atomic mass is 10.0. The van der Waals surface area contributed by atoms with Gasteiger partial charge in [0, 0.05) is 31.5 Å². The Morgan fingerprint density at radius 1 is 1.16 bits per heavy atom. The van der Waals surface area contributed by atoms with E-state index in [1.54, 1.807) is 13.8 Å². The number of hydrogen-bond donors (Lipinski definition) is 2. The maximum atomic E-state index is 12.4. The number of nitrogens with two attached hydrogens (primary N) is 1. The van der Waals surface area contributed by atoms with E-state index in [4.69, 9.17) is 10.5 Å². The first kappa shape index (κ1) is 22.5. The van der Waals surface area contributed by atoms with Crippen LogP contribution in [-0.2, 0) is 24.3 Å². The Morgan fingerprint density at radius 3 is 2.59 bits per heavy atom. The van der Waals surface area contributed by atoms with Gasteiger partial charge in [0.15, 0.2) is 5.78 Å². The molecule has 2 aliphatic rings. The Hall–Kier alpha value is -2.71.